The number of nitrogens with zero attached hydrogens (tertiary/aromatic N) is 4. The van der Waals surface area contributed by atoms with E-state index in [1.807, 2.05) is 0 Å². The molecule has 0 aliphatic heterocycles. The fraction of sp³-hybridized carbons (Fsp3) is 0.0909. The van der Waals surface area contributed by atoms with E-state index < -0.39 is 0 Å². The predicted octanol–water partition coefficient (Wildman–Crippen LogP) is 3.14. The molecule has 92 valence electrons. The lowest BCUT2D eigenvalue weighted by Gasteiger charge is -2.01. The zero-order valence-corrected chi connectivity index (χ0v) is 10.3. The topological polar surface area (TPSA) is 85.8 Å². The summed E-state index contributed by atoms with van der Waals surface area (Å²) in [4.78, 5) is 7.71. The van der Waals surface area contributed by atoms with Crippen LogP contribution in [0.2, 0.25) is 5.02 Å². The van der Waals surface area contributed by atoms with Crippen molar-refractivity contribution in [2.75, 3.05) is 12.8 Å². The molecule has 1 aromatic carbocycles. The largest absolute Gasteiger partial charge is 0.479 e. The molecule has 0 bridgehead atoms. The molecule has 18 heavy (non-hydrogen) atoms. The Bertz CT molecular complexity index is 570. The monoisotopic (exact) mass is 263 g/mol. The second kappa shape index (κ2) is 5.42. The van der Waals surface area contributed by atoms with Crippen molar-refractivity contribution in [1.29, 1.82) is 0 Å². The molecule has 1 heterocycles. The molecule has 0 unspecified atom stereocenters. The zero-order valence-electron chi connectivity index (χ0n) is 9.54. The normalized spacial score (nSPS) is 10.8. The average molecular weight is 264 g/mol. The molecule has 2 rings (SSSR count). The third-order valence-corrected chi connectivity index (χ3v) is 2.30. The molecule has 0 aliphatic rings. The van der Waals surface area contributed by atoms with E-state index in [-0.39, 0.29) is 11.8 Å². The molecule has 0 amide bonds. The van der Waals surface area contributed by atoms with Gasteiger partial charge in [-0.05, 0) is 24.3 Å². The van der Waals surface area contributed by atoms with Crippen LogP contribution in [0.1, 0.15) is 0 Å². The number of hydrogen-bond donors (Lipinski definition) is 1. The number of methoxy groups -OCH3 is 1. The van der Waals surface area contributed by atoms with Crippen LogP contribution in [0.4, 0.5) is 17.3 Å². The number of ether oxygens (including phenoxy) is 1. The summed E-state index contributed by atoms with van der Waals surface area (Å²) >= 11 is 5.77. The Kier molecular flexibility index (Phi) is 3.69. The highest BCUT2D eigenvalue weighted by molar-refractivity contribution is 6.30. The third kappa shape index (κ3) is 2.92. The van der Waals surface area contributed by atoms with Crippen molar-refractivity contribution in [2.24, 2.45) is 10.2 Å². The molecule has 0 spiro atoms. The molecular weight excluding hydrogens is 254 g/mol. The Morgan fingerprint density at radius 3 is 2.61 bits per heavy atom. The Morgan fingerprint density at radius 2 is 1.94 bits per heavy atom. The van der Waals surface area contributed by atoms with E-state index >= 15 is 0 Å². The minimum Gasteiger partial charge on any atom is -0.479 e. The number of hydrogen-bond acceptors (Lipinski definition) is 6. The van der Waals surface area contributed by atoms with Crippen LogP contribution in [0.3, 0.4) is 0 Å². The average Bonchev–Trinajstić information content (AvgIpc) is 2.39. The van der Waals surface area contributed by atoms with E-state index in [2.05, 4.69) is 20.2 Å². The fourth-order valence-corrected chi connectivity index (χ4v) is 1.34. The minimum absolute atomic E-state index is 0.122. The maximum absolute atomic E-state index is 5.77. The number of nitrogens with two attached hydrogens (primary N) is 1. The highest BCUT2D eigenvalue weighted by Gasteiger charge is 2.04. The predicted molar refractivity (Wildman–Crippen MR) is 68.6 cm³/mol. The minimum atomic E-state index is 0.122. The number of halogens is 1. The summed E-state index contributed by atoms with van der Waals surface area (Å²) in [5.41, 5.74) is 6.51. The summed E-state index contributed by atoms with van der Waals surface area (Å²) in [6, 6.07) is 6.95. The van der Waals surface area contributed by atoms with Gasteiger partial charge in [0.2, 0.25) is 11.8 Å². The number of anilines is 1. The highest BCUT2D eigenvalue weighted by Crippen LogP contribution is 2.26. The molecule has 2 N–H and O–H groups in total. The molecular formula is C11H10ClN5O. The molecule has 0 atom stereocenters. The SMILES string of the molecule is COc1nc(N)ncc1N=Nc1ccc(Cl)cc1. The molecule has 6 nitrogen and oxygen atoms in total. The summed E-state index contributed by atoms with van der Waals surface area (Å²) in [7, 11) is 1.48. The van der Waals surface area contributed by atoms with Gasteiger partial charge in [-0.3, -0.25) is 0 Å². The van der Waals surface area contributed by atoms with Crippen molar-refractivity contribution in [2.45, 2.75) is 0 Å². The van der Waals surface area contributed by atoms with Gasteiger partial charge < -0.3 is 10.5 Å². The first-order chi connectivity index (χ1) is 8.69. The highest BCUT2D eigenvalue weighted by atomic mass is 35.5. The van der Waals surface area contributed by atoms with E-state index in [1.165, 1.54) is 13.3 Å². The quantitative estimate of drug-likeness (QED) is 0.862. The Labute approximate surface area is 108 Å². The third-order valence-electron chi connectivity index (χ3n) is 2.05. The molecule has 0 fully saturated rings. The maximum Gasteiger partial charge on any atom is 0.246 e. The lowest BCUT2D eigenvalue weighted by Crippen LogP contribution is -1.96. The lowest BCUT2D eigenvalue weighted by molar-refractivity contribution is 0.399. The Morgan fingerprint density at radius 1 is 1.22 bits per heavy atom. The van der Waals surface area contributed by atoms with E-state index in [1.54, 1.807) is 24.3 Å². The van der Waals surface area contributed by atoms with Crippen LogP contribution in [0, 0.1) is 0 Å². The van der Waals surface area contributed by atoms with Crippen LogP contribution in [0.15, 0.2) is 40.7 Å². The molecule has 0 saturated heterocycles. The van der Waals surface area contributed by atoms with Crippen molar-refractivity contribution in [1.82, 2.24) is 9.97 Å². The summed E-state index contributed by atoms with van der Waals surface area (Å²) in [6.45, 7) is 0. The smallest absolute Gasteiger partial charge is 0.246 e. The number of rotatable bonds is 3. The summed E-state index contributed by atoms with van der Waals surface area (Å²) in [5.74, 6) is 0.400. The Balaban J connectivity index is 2.25. The fourth-order valence-electron chi connectivity index (χ4n) is 1.21. The molecule has 1 aromatic heterocycles. The van der Waals surface area contributed by atoms with Crippen molar-refractivity contribution >= 4 is 28.9 Å². The Hall–Kier alpha value is -2.21. The van der Waals surface area contributed by atoms with Gasteiger partial charge in [-0.2, -0.15) is 10.1 Å². The van der Waals surface area contributed by atoms with E-state index in [0.29, 0.717) is 16.4 Å². The van der Waals surface area contributed by atoms with Gasteiger partial charge in [-0.25, -0.2) is 4.98 Å². The summed E-state index contributed by atoms with van der Waals surface area (Å²) < 4.78 is 5.03. The first-order valence-corrected chi connectivity index (χ1v) is 5.40. The van der Waals surface area contributed by atoms with Gasteiger partial charge in [-0.1, -0.05) is 11.6 Å². The van der Waals surface area contributed by atoms with Crippen LogP contribution < -0.4 is 10.5 Å². The number of aromatic nitrogens is 2. The molecule has 7 heteroatoms. The van der Waals surface area contributed by atoms with Gasteiger partial charge in [0.1, 0.15) is 0 Å². The van der Waals surface area contributed by atoms with Crippen LogP contribution >= 0.6 is 11.6 Å². The number of nitrogen functional groups attached to an aromatic ring is 1. The molecule has 0 radical (unpaired) electrons. The van der Waals surface area contributed by atoms with Crippen LogP contribution in [0.25, 0.3) is 0 Å². The summed E-state index contributed by atoms with van der Waals surface area (Å²) in [5, 5.41) is 8.66. The first kappa shape index (κ1) is 12.3. The van der Waals surface area contributed by atoms with Gasteiger partial charge >= 0.3 is 0 Å². The first-order valence-electron chi connectivity index (χ1n) is 5.03. The molecule has 0 aliphatic carbocycles. The van der Waals surface area contributed by atoms with Gasteiger partial charge in [0, 0.05) is 5.02 Å². The van der Waals surface area contributed by atoms with Gasteiger partial charge in [-0.15, -0.1) is 5.11 Å². The van der Waals surface area contributed by atoms with Crippen molar-refractivity contribution in [3.8, 4) is 5.88 Å². The molecule has 2 aromatic rings. The summed E-state index contributed by atoms with van der Waals surface area (Å²) in [6.07, 6.45) is 1.45. The van der Waals surface area contributed by atoms with E-state index in [0.717, 1.165) is 0 Å². The van der Waals surface area contributed by atoms with Crippen molar-refractivity contribution < 1.29 is 4.74 Å². The second-order valence-corrected chi connectivity index (χ2v) is 3.74. The standard InChI is InChI=1S/C11H10ClN5O/c1-18-10-9(6-14-11(13)15-10)17-16-8-4-2-7(12)3-5-8/h2-6H,1H3,(H2,13,14,15). The van der Waals surface area contributed by atoms with Crippen molar-refractivity contribution in [3.63, 3.8) is 0 Å². The van der Waals surface area contributed by atoms with Crippen LogP contribution in [-0.4, -0.2) is 17.1 Å². The van der Waals surface area contributed by atoms with Crippen LogP contribution in [0.5, 0.6) is 5.88 Å². The number of azo groups is 1. The van der Waals surface area contributed by atoms with E-state index in [9.17, 15) is 0 Å². The van der Waals surface area contributed by atoms with Crippen molar-refractivity contribution in [3.05, 3.63) is 35.5 Å². The maximum atomic E-state index is 5.77. The molecule has 0 saturated carbocycles. The van der Waals surface area contributed by atoms with Crippen LogP contribution in [-0.2, 0) is 0 Å². The van der Waals surface area contributed by atoms with Gasteiger partial charge in [0.25, 0.3) is 0 Å². The van der Waals surface area contributed by atoms with E-state index in [4.69, 9.17) is 22.1 Å². The number of benzene rings is 1. The second-order valence-electron chi connectivity index (χ2n) is 3.30. The van der Waals surface area contributed by atoms with Gasteiger partial charge in [0.05, 0.1) is 19.0 Å². The lowest BCUT2D eigenvalue weighted by atomic mass is 10.3. The zero-order chi connectivity index (χ0) is 13.0. The van der Waals surface area contributed by atoms with Gasteiger partial charge in [0.15, 0.2) is 5.69 Å².